The van der Waals surface area contributed by atoms with Gasteiger partial charge in [0.15, 0.2) is 5.78 Å². The fraction of sp³-hybridized carbons (Fsp3) is 0.533. The first-order valence-corrected chi connectivity index (χ1v) is 7.37. The molecule has 0 spiro atoms. The number of Topliss-reactive ketones (excluding diaryl/α,β-unsaturated/α-hetero) is 1. The summed E-state index contributed by atoms with van der Waals surface area (Å²) in [6.45, 7) is 6.37. The molecule has 0 unspecified atom stereocenters. The maximum atomic E-state index is 12.0. The Labute approximate surface area is 124 Å². The Hall–Kier alpha value is -0.710. The van der Waals surface area contributed by atoms with Gasteiger partial charge in [0.05, 0.1) is 12.7 Å². The fourth-order valence-corrected chi connectivity index (χ4v) is 1.89. The Kier molecular flexibility index (Phi) is 7.28. The Morgan fingerprint density at radius 2 is 1.89 bits per heavy atom. The van der Waals surface area contributed by atoms with E-state index < -0.39 is 0 Å². The molecule has 106 valence electrons. The van der Waals surface area contributed by atoms with Crippen LogP contribution in [0, 0.1) is 0 Å². The summed E-state index contributed by atoms with van der Waals surface area (Å²) in [6, 6.07) is 7.50. The van der Waals surface area contributed by atoms with Crippen molar-refractivity contribution < 1.29 is 9.53 Å². The van der Waals surface area contributed by atoms with Crippen LogP contribution in [0.15, 0.2) is 28.7 Å². The average Bonchev–Trinajstić information content (AvgIpc) is 2.36. The van der Waals surface area contributed by atoms with Gasteiger partial charge in [0.2, 0.25) is 0 Å². The highest BCUT2D eigenvalue weighted by Gasteiger charge is 2.07. The predicted molar refractivity (Wildman–Crippen MR) is 81.7 cm³/mol. The van der Waals surface area contributed by atoms with Gasteiger partial charge in [-0.05, 0) is 33.0 Å². The topological polar surface area (TPSA) is 29.5 Å². The summed E-state index contributed by atoms with van der Waals surface area (Å²) in [4.78, 5) is 14.1. The van der Waals surface area contributed by atoms with Gasteiger partial charge in [0.1, 0.15) is 0 Å². The summed E-state index contributed by atoms with van der Waals surface area (Å²) in [5.74, 6) is 0.184. The lowest BCUT2D eigenvalue weighted by Gasteiger charge is -2.17. The van der Waals surface area contributed by atoms with Gasteiger partial charge in [-0.1, -0.05) is 28.1 Å². The van der Waals surface area contributed by atoms with Gasteiger partial charge in [-0.25, -0.2) is 0 Å². The lowest BCUT2D eigenvalue weighted by Crippen LogP contribution is -2.26. The third-order valence-corrected chi connectivity index (χ3v) is 3.34. The number of ether oxygens (including phenoxy) is 1. The minimum atomic E-state index is 0.184. The Balaban J connectivity index is 2.27. The van der Waals surface area contributed by atoms with Gasteiger partial charge in [0, 0.05) is 29.5 Å². The lowest BCUT2D eigenvalue weighted by molar-refractivity contribution is 0.0629. The van der Waals surface area contributed by atoms with Crippen molar-refractivity contribution in [2.45, 2.75) is 26.4 Å². The van der Waals surface area contributed by atoms with Crippen LogP contribution in [-0.4, -0.2) is 43.5 Å². The molecule has 1 aromatic rings. The highest BCUT2D eigenvalue weighted by Crippen LogP contribution is 2.12. The van der Waals surface area contributed by atoms with E-state index in [1.54, 1.807) is 0 Å². The minimum absolute atomic E-state index is 0.184. The maximum absolute atomic E-state index is 12.0. The molecule has 0 fully saturated rings. The van der Waals surface area contributed by atoms with Crippen molar-refractivity contribution in [3.8, 4) is 0 Å². The van der Waals surface area contributed by atoms with Crippen LogP contribution in [0.4, 0.5) is 0 Å². The van der Waals surface area contributed by atoms with Crippen LogP contribution < -0.4 is 0 Å². The largest absolute Gasteiger partial charge is 0.377 e. The van der Waals surface area contributed by atoms with Gasteiger partial charge in [-0.2, -0.15) is 0 Å². The molecule has 0 amide bonds. The Morgan fingerprint density at radius 3 is 2.47 bits per heavy atom. The first kappa shape index (κ1) is 16.3. The summed E-state index contributed by atoms with van der Waals surface area (Å²) < 4.78 is 6.48. The number of hydrogen-bond acceptors (Lipinski definition) is 3. The molecule has 0 aromatic heterocycles. The van der Waals surface area contributed by atoms with Crippen molar-refractivity contribution in [3.63, 3.8) is 0 Å². The van der Waals surface area contributed by atoms with E-state index in [2.05, 4.69) is 20.8 Å². The summed E-state index contributed by atoms with van der Waals surface area (Å²) >= 11 is 3.36. The first-order valence-electron chi connectivity index (χ1n) is 6.58. The molecule has 19 heavy (non-hydrogen) atoms. The van der Waals surface area contributed by atoms with E-state index in [0.29, 0.717) is 13.0 Å². The summed E-state index contributed by atoms with van der Waals surface area (Å²) in [5.41, 5.74) is 0.773. The fourth-order valence-electron chi connectivity index (χ4n) is 1.63. The average molecular weight is 328 g/mol. The number of rotatable bonds is 8. The van der Waals surface area contributed by atoms with Gasteiger partial charge < -0.3 is 9.64 Å². The van der Waals surface area contributed by atoms with E-state index >= 15 is 0 Å². The van der Waals surface area contributed by atoms with Crippen LogP contribution in [-0.2, 0) is 4.74 Å². The number of benzene rings is 1. The van der Waals surface area contributed by atoms with Crippen molar-refractivity contribution in [1.29, 1.82) is 0 Å². The van der Waals surface area contributed by atoms with Crippen LogP contribution in [0.1, 0.15) is 30.6 Å². The molecule has 1 aromatic carbocycles. The van der Waals surface area contributed by atoms with Crippen molar-refractivity contribution in [3.05, 3.63) is 34.3 Å². The van der Waals surface area contributed by atoms with Crippen molar-refractivity contribution in [2.24, 2.45) is 0 Å². The number of ketones is 1. The van der Waals surface area contributed by atoms with Crippen molar-refractivity contribution in [2.75, 3.05) is 26.7 Å². The second-order valence-electron chi connectivity index (χ2n) is 4.90. The van der Waals surface area contributed by atoms with Crippen molar-refractivity contribution in [1.82, 2.24) is 4.90 Å². The maximum Gasteiger partial charge on any atom is 0.164 e. The third-order valence-electron chi connectivity index (χ3n) is 2.81. The molecule has 0 aliphatic heterocycles. The van der Waals surface area contributed by atoms with Gasteiger partial charge in [0.25, 0.3) is 0 Å². The molecule has 0 saturated carbocycles. The van der Waals surface area contributed by atoms with Gasteiger partial charge in [-0.15, -0.1) is 0 Å². The molecule has 3 nitrogen and oxygen atoms in total. The monoisotopic (exact) mass is 327 g/mol. The number of halogens is 1. The molecule has 0 atom stereocenters. The van der Waals surface area contributed by atoms with E-state index in [0.717, 1.165) is 23.1 Å². The van der Waals surface area contributed by atoms with Crippen molar-refractivity contribution >= 4 is 21.7 Å². The molecule has 0 radical (unpaired) electrons. The summed E-state index contributed by atoms with van der Waals surface area (Å²) in [5, 5.41) is 0. The number of carbonyl (C=O) groups excluding carboxylic acids is 1. The van der Waals surface area contributed by atoms with E-state index in [1.807, 2.05) is 45.2 Å². The molecule has 4 heteroatoms. The number of hydrogen-bond donors (Lipinski definition) is 0. The van der Waals surface area contributed by atoms with Gasteiger partial charge in [-0.3, -0.25) is 4.79 Å². The Morgan fingerprint density at radius 1 is 1.26 bits per heavy atom. The quantitative estimate of drug-likeness (QED) is 0.685. The summed E-state index contributed by atoms with van der Waals surface area (Å²) in [6.07, 6.45) is 0.803. The zero-order valence-electron chi connectivity index (χ0n) is 11.9. The van der Waals surface area contributed by atoms with E-state index in [-0.39, 0.29) is 11.9 Å². The molecule has 0 saturated heterocycles. The van der Waals surface area contributed by atoms with E-state index in [9.17, 15) is 4.79 Å². The smallest absolute Gasteiger partial charge is 0.164 e. The summed E-state index contributed by atoms with van der Waals surface area (Å²) in [7, 11) is 2.01. The number of likely N-dealkylation sites (N-methyl/N-ethyl adjacent to an activating group) is 1. The Bertz CT molecular complexity index is 390. The minimum Gasteiger partial charge on any atom is -0.377 e. The lowest BCUT2D eigenvalue weighted by atomic mass is 10.1. The van der Waals surface area contributed by atoms with E-state index in [4.69, 9.17) is 4.74 Å². The molecule has 0 heterocycles. The third kappa shape index (κ3) is 6.85. The second kappa shape index (κ2) is 8.46. The van der Waals surface area contributed by atoms with Crippen LogP contribution in [0.3, 0.4) is 0 Å². The first-order chi connectivity index (χ1) is 8.99. The zero-order chi connectivity index (χ0) is 14.3. The normalized spacial score (nSPS) is 11.3. The molecular formula is C15H22BrNO2. The molecule has 0 aliphatic carbocycles. The second-order valence-corrected chi connectivity index (χ2v) is 5.82. The van der Waals surface area contributed by atoms with Crippen LogP contribution in [0.25, 0.3) is 0 Å². The van der Waals surface area contributed by atoms with Crippen LogP contribution in [0.2, 0.25) is 0 Å². The SMILES string of the molecule is CC(C)OCCN(C)CCC(=O)c1ccc(Br)cc1. The van der Waals surface area contributed by atoms with Crippen LogP contribution >= 0.6 is 15.9 Å². The molecule has 0 aliphatic rings. The highest BCUT2D eigenvalue weighted by atomic mass is 79.9. The highest BCUT2D eigenvalue weighted by molar-refractivity contribution is 9.10. The molecule has 0 bridgehead atoms. The zero-order valence-corrected chi connectivity index (χ0v) is 13.4. The molecule has 1 rings (SSSR count). The molecular weight excluding hydrogens is 306 g/mol. The predicted octanol–water partition coefficient (Wildman–Crippen LogP) is 3.38. The number of nitrogens with zero attached hydrogens (tertiary/aromatic N) is 1. The van der Waals surface area contributed by atoms with Crippen LogP contribution in [0.5, 0.6) is 0 Å². The molecule has 0 N–H and O–H groups in total. The van der Waals surface area contributed by atoms with Gasteiger partial charge >= 0.3 is 0 Å². The standard InChI is InChI=1S/C15H22BrNO2/c1-12(2)19-11-10-17(3)9-8-15(18)13-4-6-14(16)7-5-13/h4-7,12H,8-11H2,1-3H3. The number of carbonyl (C=O) groups is 1. The van der Waals surface area contributed by atoms with E-state index in [1.165, 1.54) is 0 Å².